The number of nitrogens with zero attached hydrogens (tertiary/aromatic N) is 4. The topological polar surface area (TPSA) is 132 Å². The van der Waals surface area contributed by atoms with Gasteiger partial charge in [0, 0.05) is 47.0 Å². The average molecular weight is 483 g/mol. The number of benzene rings is 1. The molecule has 184 valence electrons. The molecule has 0 radical (unpaired) electrons. The fourth-order valence-electron chi connectivity index (χ4n) is 3.57. The van der Waals surface area contributed by atoms with Gasteiger partial charge in [0.25, 0.3) is 5.91 Å². The molecule has 1 unspecified atom stereocenters. The van der Waals surface area contributed by atoms with Crippen molar-refractivity contribution in [2.75, 3.05) is 31.3 Å². The molecule has 2 aromatic heterocycles. The molecule has 1 aliphatic rings. The molecule has 0 spiro atoms. The van der Waals surface area contributed by atoms with Gasteiger partial charge in [0.05, 0.1) is 24.7 Å². The van der Waals surface area contributed by atoms with E-state index in [1.807, 2.05) is 31.4 Å². The third-order valence-corrected chi connectivity index (χ3v) is 5.50. The van der Waals surface area contributed by atoms with E-state index in [1.165, 1.54) is 13.2 Å². The molecule has 1 atom stereocenters. The van der Waals surface area contributed by atoms with Gasteiger partial charge < -0.3 is 25.4 Å². The van der Waals surface area contributed by atoms with Gasteiger partial charge in [0.2, 0.25) is 5.91 Å². The Morgan fingerprint density at radius 3 is 2.83 bits per heavy atom. The molecule has 1 aliphatic carbocycles. The molecule has 0 aliphatic heterocycles. The van der Waals surface area contributed by atoms with Crippen LogP contribution in [-0.4, -0.2) is 52.5 Å². The largest absolute Gasteiger partial charge is 0.494 e. The van der Waals surface area contributed by atoms with Crippen LogP contribution in [0.25, 0.3) is 11.1 Å². The van der Waals surface area contributed by atoms with Gasteiger partial charge in [-0.15, -0.1) is 10.2 Å². The normalized spacial score (nSPS) is 15.3. The van der Waals surface area contributed by atoms with E-state index in [2.05, 4.69) is 25.9 Å². The number of anilines is 3. The molecule has 3 aromatic rings. The van der Waals surface area contributed by atoms with Crippen molar-refractivity contribution in [3.05, 3.63) is 42.4 Å². The lowest BCUT2D eigenvalue weighted by Crippen LogP contribution is -2.22. The van der Waals surface area contributed by atoms with Crippen LogP contribution in [0.15, 0.2) is 36.7 Å². The smallest absolute Gasteiger partial charge is 0.273 e. The van der Waals surface area contributed by atoms with Gasteiger partial charge in [0.15, 0.2) is 11.5 Å². The first kappa shape index (κ1) is 20.4. The molecule has 0 saturated heterocycles. The Kier molecular flexibility index (Phi) is 6.13. The first-order chi connectivity index (χ1) is 18.1. The minimum Gasteiger partial charge on any atom is -0.494 e. The molecule has 2 heterocycles. The first-order valence-corrected chi connectivity index (χ1v) is 11.2. The van der Waals surface area contributed by atoms with Crippen molar-refractivity contribution in [3.8, 4) is 16.9 Å². The molecule has 1 aromatic carbocycles. The maximum Gasteiger partial charge on any atom is 0.273 e. The number of amides is 2. The Bertz CT molecular complexity index is 1320. The number of rotatable bonds is 10. The summed E-state index contributed by atoms with van der Waals surface area (Å²) in [6.45, 7) is 1.60. The molecule has 1 fully saturated rings. The van der Waals surface area contributed by atoms with Crippen LogP contribution in [0.2, 0.25) is 0 Å². The molecule has 2 amide bonds. The SMILES string of the molecule is [2H]C([2H])([2H])NC(=O)c1nnc(NC(=O)C2CC2)cc1Nc1cccc(-c2cnn(C(C)OCC)c2)c1OC. The van der Waals surface area contributed by atoms with E-state index in [0.717, 1.165) is 18.4 Å². The van der Waals surface area contributed by atoms with Gasteiger partial charge in [0.1, 0.15) is 12.0 Å². The van der Waals surface area contributed by atoms with Crippen LogP contribution in [0.5, 0.6) is 5.75 Å². The molecule has 4 rings (SSSR count). The van der Waals surface area contributed by atoms with Gasteiger partial charge in [-0.1, -0.05) is 12.1 Å². The molecule has 11 nitrogen and oxygen atoms in total. The predicted molar refractivity (Wildman–Crippen MR) is 131 cm³/mol. The number of hydrogen-bond acceptors (Lipinski definition) is 8. The van der Waals surface area contributed by atoms with E-state index in [0.29, 0.717) is 23.6 Å². The van der Waals surface area contributed by atoms with Crippen LogP contribution in [-0.2, 0) is 9.53 Å². The summed E-state index contributed by atoms with van der Waals surface area (Å²) in [6.07, 6.45) is 4.86. The second-order valence-electron chi connectivity index (χ2n) is 7.98. The summed E-state index contributed by atoms with van der Waals surface area (Å²) in [5.41, 5.74) is 1.80. The third-order valence-electron chi connectivity index (χ3n) is 5.50. The van der Waals surface area contributed by atoms with Gasteiger partial charge in [-0.2, -0.15) is 5.10 Å². The Labute approximate surface area is 207 Å². The highest BCUT2D eigenvalue weighted by molar-refractivity contribution is 6.00. The van der Waals surface area contributed by atoms with Crippen molar-refractivity contribution < 1.29 is 23.2 Å². The number of nitrogens with one attached hydrogen (secondary N) is 3. The molecule has 35 heavy (non-hydrogen) atoms. The maximum absolute atomic E-state index is 12.7. The van der Waals surface area contributed by atoms with Crippen LogP contribution in [0, 0.1) is 5.92 Å². The van der Waals surface area contributed by atoms with Crippen LogP contribution in [0.1, 0.15) is 47.5 Å². The summed E-state index contributed by atoms with van der Waals surface area (Å²) in [5.74, 6) is -0.658. The predicted octanol–water partition coefficient (Wildman–Crippen LogP) is 3.36. The number of carbonyl (C=O) groups excluding carboxylic acids is 2. The van der Waals surface area contributed by atoms with Crippen molar-refractivity contribution >= 4 is 29.0 Å². The third kappa shape index (κ3) is 5.40. The zero-order chi connectivity index (χ0) is 27.4. The number of para-hydroxylation sites is 1. The minimum atomic E-state index is -2.73. The number of aromatic nitrogens is 4. The number of ether oxygens (including phenoxy) is 2. The number of methoxy groups -OCH3 is 1. The summed E-state index contributed by atoms with van der Waals surface area (Å²) in [6, 6.07) is 6.79. The number of hydrogen-bond donors (Lipinski definition) is 3. The zero-order valence-corrected chi connectivity index (χ0v) is 19.7. The monoisotopic (exact) mass is 482 g/mol. The summed E-state index contributed by atoms with van der Waals surface area (Å²) >= 11 is 0. The first-order valence-electron chi connectivity index (χ1n) is 12.7. The van der Waals surface area contributed by atoms with Crippen LogP contribution in [0.3, 0.4) is 0 Å². The molecular weight excluding hydrogens is 450 g/mol. The fourth-order valence-corrected chi connectivity index (χ4v) is 3.57. The van der Waals surface area contributed by atoms with Gasteiger partial charge >= 0.3 is 0 Å². The fraction of sp³-hybridized carbons (Fsp3) is 0.375. The number of carbonyl (C=O) groups is 2. The molecule has 0 bridgehead atoms. The Hall–Kier alpha value is -3.99. The summed E-state index contributed by atoms with van der Waals surface area (Å²) in [5, 5.41) is 19.9. The van der Waals surface area contributed by atoms with E-state index in [-0.39, 0.29) is 35.3 Å². The lowest BCUT2D eigenvalue weighted by Gasteiger charge is -2.16. The minimum absolute atomic E-state index is 0.0742. The standard InChI is InChI=1S/C24H29N7O4/c1-5-35-14(2)31-13-16(12-26-31)17-7-6-8-18(22(17)34-4)27-19-11-20(28-23(32)15-9-10-15)29-30-21(19)24(33)25-3/h6-8,11-15H,5,9-10H2,1-4H3,(H,25,33)(H2,27,28,29,32)/i3D3. The lowest BCUT2D eigenvalue weighted by molar-refractivity contribution is -0.117. The Balaban J connectivity index is 1.69. The van der Waals surface area contributed by atoms with E-state index in [4.69, 9.17) is 13.6 Å². The van der Waals surface area contributed by atoms with Crippen LogP contribution in [0.4, 0.5) is 17.2 Å². The van der Waals surface area contributed by atoms with Gasteiger partial charge in [-0.25, -0.2) is 4.68 Å². The quantitative estimate of drug-likeness (QED) is 0.401. The van der Waals surface area contributed by atoms with E-state index < -0.39 is 12.9 Å². The van der Waals surface area contributed by atoms with Gasteiger partial charge in [-0.3, -0.25) is 9.59 Å². The van der Waals surface area contributed by atoms with Gasteiger partial charge in [-0.05, 0) is 32.8 Å². The van der Waals surface area contributed by atoms with Crippen molar-refractivity contribution in [1.82, 2.24) is 25.3 Å². The highest BCUT2D eigenvalue weighted by Crippen LogP contribution is 2.38. The van der Waals surface area contributed by atoms with Crippen molar-refractivity contribution in [3.63, 3.8) is 0 Å². The van der Waals surface area contributed by atoms with Crippen LogP contribution >= 0.6 is 0 Å². The van der Waals surface area contributed by atoms with E-state index >= 15 is 0 Å². The van der Waals surface area contributed by atoms with Crippen molar-refractivity contribution in [1.29, 1.82) is 0 Å². The van der Waals surface area contributed by atoms with Crippen molar-refractivity contribution in [2.45, 2.75) is 32.9 Å². The average Bonchev–Trinajstić information content (AvgIpc) is 3.59. The maximum atomic E-state index is 12.7. The molecule has 3 N–H and O–H groups in total. The van der Waals surface area contributed by atoms with E-state index in [1.54, 1.807) is 23.0 Å². The van der Waals surface area contributed by atoms with E-state index in [9.17, 15) is 9.59 Å². The zero-order valence-electron chi connectivity index (χ0n) is 22.7. The van der Waals surface area contributed by atoms with Crippen LogP contribution < -0.4 is 20.7 Å². The molecule has 11 heteroatoms. The summed E-state index contributed by atoms with van der Waals surface area (Å²) < 4.78 is 35.1. The van der Waals surface area contributed by atoms with Crippen molar-refractivity contribution in [2.24, 2.45) is 5.92 Å². The Morgan fingerprint density at radius 2 is 2.11 bits per heavy atom. The second-order valence-corrected chi connectivity index (χ2v) is 7.98. The molecule has 1 saturated carbocycles. The second kappa shape index (κ2) is 10.5. The summed E-state index contributed by atoms with van der Waals surface area (Å²) in [7, 11) is 1.51. The summed E-state index contributed by atoms with van der Waals surface area (Å²) in [4.78, 5) is 25.0. The highest BCUT2D eigenvalue weighted by Gasteiger charge is 2.30. The lowest BCUT2D eigenvalue weighted by atomic mass is 10.1. The molecular formula is C24H29N7O4. The Morgan fingerprint density at radius 1 is 1.29 bits per heavy atom. The highest BCUT2D eigenvalue weighted by atomic mass is 16.5.